The van der Waals surface area contributed by atoms with Crippen LogP contribution in [0.3, 0.4) is 0 Å². The van der Waals surface area contributed by atoms with Crippen molar-refractivity contribution in [2.75, 3.05) is 11.9 Å². The van der Waals surface area contributed by atoms with E-state index in [-0.39, 0.29) is 23.4 Å². The third kappa shape index (κ3) is 4.01. The molecule has 0 aromatic heterocycles. The van der Waals surface area contributed by atoms with Crippen LogP contribution in [0.5, 0.6) is 0 Å². The summed E-state index contributed by atoms with van der Waals surface area (Å²) in [6, 6.07) is 22.5. The van der Waals surface area contributed by atoms with Gasteiger partial charge in [-0.2, -0.15) is 13.2 Å². The van der Waals surface area contributed by atoms with E-state index >= 15 is 0 Å². The van der Waals surface area contributed by atoms with Gasteiger partial charge >= 0.3 is 6.18 Å². The molecule has 3 aromatic carbocycles. The molecule has 4 rings (SSSR count). The van der Waals surface area contributed by atoms with E-state index in [0.717, 1.165) is 17.0 Å². The molecule has 0 fully saturated rings. The smallest absolute Gasteiger partial charge is 0.339 e. The predicted octanol–water partition coefficient (Wildman–Crippen LogP) is 5.12. The van der Waals surface area contributed by atoms with E-state index in [1.54, 1.807) is 42.3 Å². The topological polar surface area (TPSA) is 40.6 Å². The zero-order valence-electron chi connectivity index (χ0n) is 17.1. The van der Waals surface area contributed by atoms with Crippen LogP contribution in [-0.2, 0) is 22.3 Å². The zero-order chi connectivity index (χ0) is 22.9. The summed E-state index contributed by atoms with van der Waals surface area (Å²) in [5.41, 5.74) is 1.06. The Morgan fingerprint density at radius 1 is 0.812 bits per heavy atom. The second kappa shape index (κ2) is 8.34. The maximum absolute atomic E-state index is 13.4. The molecule has 0 saturated carbocycles. The molecular weight excluding hydrogens is 417 g/mol. The van der Waals surface area contributed by atoms with Gasteiger partial charge in [-0.3, -0.25) is 14.5 Å². The van der Waals surface area contributed by atoms with E-state index in [1.165, 1.54) is 12.1 Å². The molecule has 3 aromatic rings. The number of para-hydroxylation sites is 1. The number of alkyl halides is 3. The largest absolute Gasteiger partial charge is 0.416 e. The number of hydrogen-bond acceptors (Lipinski definition) is 3. The van der Waals surface area contributed by atoms with Crippen LogP contribution in [0, 0.1) is 0 Å². The van der Waals surface area contributed by atoms with Gasteiger partial charge in [0.15, 0.2) is 0 Å². The number of halogens is 3. The SMILES string of the molecule is CN(C1=C(c2ccccc2)C(=O)N(Cc2cccc(C(F)(F)F)c2)C1=O)c1ccccc1. The van der Waals surface area contributed by atoms with Crippen molar-refractivity contribution in [1.29, 1.82) is 0 Å². The van der Waals surface area contributed by atoms with Crippen molar-refractivity contribution >= 4 is 23.1 Å². The molecule has 0 saturated heterocycles. The van der Waals surface area contributed by atoms with Crippen LogP contribution in [0.25, 0.3) is 5.57 Å². The number of benzene rings is 3. The minimum atomic E-state index is -4.51. The maximum Gasteiger partial charge on any atom is 0.416 e. The number of rotatable bonds is 5. The summed E-state index contributed by atoms with van der Waals surface area (Å²) in [4.78, 5) is 29.4. The maximum atomic E-state index is 13.4. The average molecular weight is 436 g/mol. The van der Waals surface area contributed by atoms with Crippen LogP contribution >= 0.6 is 0 Å². The lowest BCUT2D eigenvalue weighted by Crippen LogP contribution is -2.33. The highest BCUT2D eigenvalue weighted by Gasteiger charge is 2.41. The fourth-order valence-corrected chi connectivity index (χ4v) is 3.69. The van der Waals surface area contributed by atoms with Crippen LogP contribution in [0.2, 0.25) is 0 Å². The van der Waals surface area contributed by atoms with Gasteiger partial charge in [-0.15, -0.1) is 0 Å². The zero-order valence-corrected chi connectivity index (χ0v) is 17.1. The number of likely N-dealkylation sites (N-methyl/N-ethyl adjacent to an activating group) is 1. The fourth-order valence-electron chi connectivity index (χ4n) is 3.69. The first-order valence-electron chi connectivity index (χ1n) is 9.88. The fraction of sp³-hybridized carbons (Fsp3) is 0.120. The molecule has 0 N–H and O–H groups in total. The highest BCUT2D eigenvalue weighted by Crippen LogP contribution is 2.35. The highest BCUT2D eigenvalue weighted by molar-refractivity contribution is 6.36. The number of imide groups is 1. The Kier molecular flexibility index (Phi) is 5.57. The van der Waals surface area contributed by atoms with E-state index in [0.29, 0.717) is 11.3 Å². The summed E-state index contributed by atoms with van der Waals surface area (Å²) in [5, 5.41) is 0. The van der Waals surface area contributed by atoms with Gasteiger partial charge in [0, 0.05) is 12.7 Å². The standard InChI is InChI=1S/C25H19F3N2O2/c1-29(20-13-6-3-7-14-20)22-21(18-10-4-2-5-11-18)23(31)30(24(22)32)16-17-9-8-12-19(15-17)25(26,27)28/h2-15H,16H2,1H3. The third-order valence-corrected chi connectivity index (χ3v) is 5.28. The number of carbonyl (C=O) groups excluding carboxylic acids is 2. The summed E-state index contributed by atoms with van der Waals surface area (Å²) < 4.78 is 39.3. The highest BCUT2D eigenvalue weighted by atomic mass is 19.4. The summed E-state index contributed by atoms with van der Waals surface area (Å²) in [5.74, 6) is -1.10. The van der Waals surface area contributed by atoms with E-state index in [2.05, 4.69) is 0 Å². The minimum absolute atomic E-state index is 0.180. The van der Waals surface area contributed by atoms with Crippen LogP contribution in [0.4, 0.5) is 18.9 Å². The van der Waals surface area contributed by atoms with Crippen molar-refractivity contribution in [2.45, 2.75) is 12.7 Å². The molecule has 1 aliphatic rings. The molecule has 0 bridgehead atoms. The molecular formula is C25H19F3N2O2. The van der Waals surface area contributed by atoms with Crippen molar-refractivity contribution < 1.29 is 22.8 Å². The Labute approximate surface area is 183 Å². The number of amides is 2. The van der Waals surface area contributed by atoms with Crippen molar-refractivity contribution in [3.05, 3.63) is 107 Å². The summed E-state index contributed by atoms with van der Waals surface area (Å²) >= 11 is 0. The molecule has 32 heavy (non-hydrogen) atoms. The van der Waals surface area contributed by atoms with Gasteiger partial charge in [-0.05, 0) is 35.4 Å². The van der Waals surface area contributed by atoms with Crippen LogP contribution in [0.15, 0.2) is 90.6 Å². The van der Waals surface area contributed by atoms with Gasteiger partial charge in [-0.1, -0.05) is 60.7 Å². The molecule has 4 nitrogen and oxygen atoms in total. The molecule has 0 aliphatic carbocycles. The first-order valence-corrected chi connectivity index (χ1v) is 9.88. The van der Waals surface area contributed by atoms with Crippen LogP contribution in [0.1, 0.15) is 16.7 Å². The van der Waals surface area contributed by atoms with Crippen LogP contribution in [-0.4, -0.2) is 23.8 Å². The quantitative estimate of drug-likeness (QED) is 0.521. The Morgan fingerprint density at radius 3 is 2.06 bits per heavy atom. The van der Waals surface area contributed by atoms with Gasteiger partial charge in [0.2, 0.25) is 0 Å². The molecule has 7 heteroatoms. The molecule has 162 valence electrons. The van der Waals surface area contributed by atoms with Crippen molar-refractivity contribution in [3.63, 3.8) is 0 Å². The van der Waals surface area contributed by atoms with E-state index in [9.17, 15) is 22.8 Å². The lowest BCUT2D eigenvalue weighted by atomic mass is 10.0. The summed E-state index contributed by atoms with van der Waals surface area (Å²) in [6.45, 7) is -0.260. The molecule has 0 radical (unpaired) electrons. The molecule has 1 aliphatic heterocycles. The van der Waals surface area contributed by atoms with Gasteiger partial charge in [0.1, 0.15) is 5.70 Å². The molecule has 2 amide bonds. The Bertz CT molecular complexity index is 1190. The Hall–Kier alpha value is -3.87. The first-order chi connectivity index (χ1) is 15.3. The number of hydrogen-bond donors (Lipinski definition) is 0. The van der Waals surface area contributed by atoms with E-state index < -0.39 is 23.6 Å². The van der Waals surface area contributed by atoms with Gasteiger partial charge in [0.05, 0.1) is 17.7 Å². The third-order valence-electron chi connectivity index (χ3n) is 5.28. The van der Waals surface area contributed by atoms with Crippen molar-refractivity contribution in [3.8, 4) is 0 Å². The monoisotopic (exact) mass is 436 g/mol. The van der Waals surface area contributed by atoms with Gasteiger partial charge in [-0.25, -0.2) is 0 Å². The number of anilines is 1. The second-order valence-electron chi connectivity index (χ2n) is 7.38. The van der Waals surface area contributed by atoms with Gasteiger partial charge < -0.3 is 4.90 Å². The first kappa shape index (κ1) is 21.4. The average Bonchev–Trinajstić information content (AvgIpc) is 3.04. The summed E-state index contributed by atoms with van der Waals surface area (Å²) in [6.07, 6.45) is -4.51. The summed E-state index contributed by atoms with van der Waals surface area (Å²) in [7, 11) is 1.69. The normalized spacial score (nSPS) is 14.3. The van der Waals surface area contributed by atoms with E-state index in [1.807, 2.05) is 30.3 Å². The molecule has 1 heterocycles. The molecule has 0 unspecified atom stereocenters. The minimum Gasteiger partial charge on any atom is -0.339 e. The van der Waals surface area contributed by atoms with Crippen LogP contribution < -0.4 is 4.90 Å². The number of nitrogens with zero attached hydrogens (tertiary/aromatic N) is 2. The lowest BCUT2D eigenvalue weighted by molar-refractivity contribution is -0.137. The second-order valence-corrected chi connectivity index (χ2v) is 7.38. The Morgan fingerprint density at radius 2 is 1.44 bits per heavy atom. The predicted molar refractivity (Wildman–Crippen MR) is 115 cm³/mol. The lowest BCUT2D eigenvalue weighted by Gasteiger charge is -2.21. The van der Waals surface area contributed by atoms with Crippen molar-refractivity contribution in [1.82, 2.24) is 4.90 Å². The molecule has 0 atom stereocenters. The molecule has 0 spiro atoms. The van der Waals surface area contributed by atoms with Gasteiger partial charge in [0.25, 0.3) is 11.8 Å². The van der Waals surface area contributed by atoms with E-state index in [4.69, 9.17) is 0 Å². The number of carbonyl (C=O) groups is 2. The van der Waals surface area contributed by atoms with Crippen molar-refractivity contribution in [2.24, 2.45) is 0 Å². The Balaban J connectivity index is 1.75.